The van der Waals surface area contributed by atoms with Gasteiger partial charge < -0.3 is 14.4 Å². The van der Waals surface area contributed by atoms with Gasteiger partial charge in [0.15, 0.2) is 0 Å². The molecule has 250 valence electrons. The van der Waals surface area contributed by atoms with Crippen LogP contribution in [0.3, 0.4) is 0 Å². The molecule has 0 saturated heterocycles. The standard InChI is InChI=1S/C28H27F10NO5S/c1-15(2)44-24(40)25(12-26(31,32)13-25)14-43-21-10-22-20(9-19(21)28(36,37)38)39(18-5-3-17(29)4-6-18)11-16(7-8-27(33,34)35)23(30)45(22,41)42/h3-6,9-10,15-16,23H,7-8,11-14H2,1-2H3/t16-,23+/m1/s1. The molecule has 45 heavy (non-hydrogen) atoms. The van der Waals surface area contributed by atoms with Gasteiger partial charge in [-0.2, -0.15) is 26.3 Å². The van der Waals surface area contributed by atoms with Crippen LogP contribution in [0.15, 0.2) is 41.3 Å². The lowest BCUT2D eigenvalue weighted by molar-refractivity contribution is -0.207. The predicted molar refractivity (Wildman–Crippen MR) is 139 cm³/mol. The molecule has 6 nitrogen and oxygen atoms in total. The normalized spacial score (nSPS) is 22.3. The highest BCUT2D eigenvalue weighted by Crippen LogP contribution is 2.54. The molecular weight excluding hydrogens is 652 g/mol. The maximum Gasteiger partial charge on any atom is 0.420 e. The molecule has 0 amide bonds. The van der Waals surface area contributed by atoms with Gasteiger partial charge in [-0.3, -0.25) is 4.79 Å². The number of benzene rings is 2. The third-order valence-electron chi connectivity index (χ3n) is 7.46. The highest BCUT2D eigenvalue weighted by atomic mass is 32.2. The Morgan fingerprint density at radius 2 is 1.64 bits per heavy atom. The van der Waals surface area contributed by atoms with Crippen LogP contribution >= 0.6 is 0 Å². The van der Waals surface area contributed by atoms with Crippen molar-refractivity contribution in [2.75, 3.05) is 18.1 Å². The molecule has 0 spiro atoms. The minimum Gasteiger partial charge on any atom is -0.492 e. The van der Waals surface area contributed by atoms with Crippen molar-refractivity contribution in [3.8, 4) is 5.75 Å². The van der Waals surface area contributed by atoms with Gasteiger partial charge in [-0.15, -0.1) is 0 Å². The minimum absolute atomic E-state index is 0.159. The van der Waals surface area contributed by atoms with Crippen molar-refractivity contribution in [1.82, 2.24) is 0 Å². The average molecular weight is 680 g/mol. The van der Waals surface area contributed by atoms with E-state index in [0.717, 1.165) is 29.2 Å². The molecule has 0 radical (unpaired) electrons. The Kier molecular flexibility index (Phi) is 9.11. The minimum atomic E-state index is -5.31. The number of esters is 1. The molecule has 1 aliphatic heterocycles. The predicted octanol–water partition coefficient (Wildman–Crippen LogP) is 7.77. The monoisotopic (exact) mass is 679 g/mol. The van der Waals surface area contributed by atoms with Crippen molar-refractivity contribution in [3.05, 3.63) is 47.8 Å². The van der Waals surface area contributed by atoms with E-state index in [9.17, 15) is 52.7 Å². The Labute approximate surface area is 251 Å². The molecule has 2 atom stereocenters. The second-order valence-electron chi connectivity index (χ2n) is 11.4. The van der Waals surface area contributed by atoms with E-state index in [1.165, 1.54) is 13.8 Å². The van der Waals surface area contributed by atoms with Gasteiger partial charge in [0, 0.05) is 43.5 Å². The summed E-state index contributed by atoms with van der Waals surface area (Å²) in [6.45, 7) is 0.881. The van der Waals surface area contributed by atoms with E-state index in [-0.39, 0.29) is 11.8 Å². The number of fused-ring (bicyclic) bond motifs is 1. The molecule has 1 saturated carbocycles. The van der Waals surface area contributed by atoms with Crippen LogP contribution in [0.2, 0.25) is 0 Å². The van der Waals surface area contributed by atoms with Gasteiger partial charge in [0.1, 0.15) is 23.6 Å². The first-order chi connectivity index (χ1) is 20.5. The molecule has 4 rings (SSSR count). The second-order valence-corrected chi connectivity index (χ2v) is 13.4. The largest absolute Gasteiger partial charge is 0.492 e. The summed E-state index contributed by atoms with van der Waals surface area (Å²) >= 11 is 0. The molecule has 0 aromatic heterocycles. The maximum absolute atomic E-state index is 15.7. The van der Waals surface area contributed by atoms with Gasteiger partial charge in [-0.1, -0.05) is 0 Å². The molecule has 1 fully saturated rings. The quantitative estimate of drug-likeness (QED) is 0.210. The van der Waals surface area contributed by atoms with Crippen molar-refractivity contribution in [2.24, 2.45) is 11.3 Å². The van der Waals surface area contributed by atoms with Crippen LogP contribution in [0.25, 0.3) is 0 Å². The molecule has 2 aliphatic rings. The smallest absolute Gasteiger partial charge is 0.420 e. The fourth-order valence-electron chi connectivity index (χ4n) is 5.36. The Balaban J connectivity index is 1.85. The van der Waals surface area contributed by atoms with Crippen LogP contribution in [0.5, 0.6) is 5.75 Å². The number of anilines is 2. The van der Waals surface area contributed by atoms with Crippen LogP contribution in [0.1, 0.15) is 45.1 Å². The number of hydrogen-bond donors (Lipinski definition) is 0. The molecule has 0 bridgehead atoms. The number of carbonyl (C=O) groups excluding carboxylic acids is 1. The van der Waals surface area contributed by atoms with Crippen LogP contribution in [0, 0.1) is 17.2 Å². The van der Waals surface area contributed by atoms with E-state index in [1.54, 1.807) is 0 Å². The van der Waals surface area contributed by atoms with E-state index in [0.29, 0.717) is 6.07 Å². The summed E-state index contributed by atoms with van der Waals surface area (Å²) in [6.07, 6.45) is -15.8. The number of nitrogens with zero attached hydrogens (tertiary/aromatic N) is 1. The van der Waals surface area contributed by atoms with Crippen LogP contribution in [-0.4, -0.2) is 51.2 Å². The van der Waals surface area contributed by atoms with Gasteiger partial charge in [-0.05, 0) is 50.6 Å². The first-order valence-electron chi connectivity index (χ1n) is 13.5. The van der Waals surface area contributed by atoms with E-state index in [1.807, 2.05) is 0 Å². The van der Waals surface area contributed by atoms with Gasteiger partial charge in [0.25, 0.3) is 5.92 Å². The van der Waals surface area contributed by atoms with E-state index in [2.05, 4.69) is 0 Å². The van der Waals surface area contributed by atoms with Crippen molar-refractivity contribution in [3.63, 3.8) is 0 Å². The van der Waals surface area contributed by atoms with Gasteiger partial charge in [0.2, 0.25) is 15.3 Å². The van der Waals surface area contributed by atoms with E-state index in [4.69, 9.17) is 9.47 Å². The average Bonchev–Trinajstić information content (AvgIpc) is 2.96. The van der Waals surface area contributed by atoms with Gasteiger partial charge in [0.05, 0.1) is 22.3 Å². The summed E-state index contributed by atoms with van der Waals surface area (Å²) in [5.41, 5.74) is -7.71. The highest BCUT2D eigenvalue weighted by molar-refractivity contribution is 7.92. The summed E-state index contributed by atoms with van der Waals surface area (Å²) in [6, 6.07) is 4.34. The number of carbonyl (C=O) groups is 1. The molecule has 0 N–H and O–H groups in total. The van der Waals surface area contributed by atoms with E-state index >= 15 is 4.39 Å². The number of ether oxygens (including phenoxy) is 2. The number of alkyl halides is 9. The van der Waals surface area contributed by atoms with Crippen molar-refractivity contribution >= 4 is 27.2 Å². The zero-order chi connectivity index (χ0) is 33.8. The molecule has 2 aromatic carbocycles. The fraction of sp³-hybridized carbons (Fsp3) is 0.536. The Morgan fingerprint density at radius 1 is 1.04 bits per heavy atom. The lowest BCUT2D eigenvalue weighted by atomic mass is 9.66. The van der Waals surface area contributed by atoms with Crippen LogP contribution in [-0.2, 0) is 25.5 Å². The topological polar surface area (TPSA) is 72.9 Å². The summed E-state index contributed by atoms with van der Waals surface area (Å²) in [5, 5.41) is 0. The molecule has 1 aliphatic carbocycles. The molecule has 0 unspecified atom stereocenters. The SMILES string of the molecule is CC(C)OC(=O)C1(COc2cc3c(cc2C(F)(F)F)N(c2ccc(F)cc2)C[C@@H](CCC(F)(F)F)[C@@H](F)S3(=O)=O)CC(F)(F)C1. The zero-order valence-corrected chi connectivity index (χ0v) is 24.4. The van der Waals surface area contributed by atoms with E-state index < -0.39 is 124 Å². The summed E-state index contributed by atoms with van der Waals surface area (Å²) in [5.74, 6) is -8.51. The second kappa shape index (κ2) is 11.8. The fourth-order valence-corrected chi connectivity index (χ4v) is 7.06. The van der Waals surface area contributed by atoms with Crippen LogP contribution in [0.4, 0.5) is 55.3 Å². The van der Waals surface area contributed by atoms with Crippen molar-refractivity contribution < 1.29 is 66.6 Å². The van der Waals surface area contributed by atoms with Gasteiger partial charge in [-0.25, -0.2) is 26.0 Å². The lowest BCUT2D eigenvalue weighted by Gasteiger charge is -2.44. The number of halogens is 10. The number of rotatable bonds is 8. The zero-order valence-electron chi connectivity index (χ0n) is 23.6. The highest BCUT2D eigenvalue weighted by Gasteiger charge is 2.63. The maximum atomic E-state index is 15.7. The molecular formula is C28H27F10NO5S. The van der Waals surface area contributed by atoms with Crippen LogP contribution < -0.4 is 9.64 Å². The first kappa shape index (κ1) is 34.6. The first-order valence-corrected chi connectivity index (χ1v) is 15.0. The molecule has 1 heterocycles. The third kappa shape index (κ3) is 7.43. The summed E-state index contributed by atoms with van der Waals surface area (Å²) < 4.78 is 176. The third-order valence-corrected chi connectivity index (χ3v) is 9.38. The summed E-state index contributed by atoms with van der Waals surface area (Å²) in [4.78, 5) is 12.4. The number of sulfone groups is 1. The van der Waals surface area contributed by atoms with Crippen molar-refractivity contribution in [2.45, 2.75) is 74.3 Å². The summed E-state index contributed by atoms with van der Waals surface area (Å²) in [7, 11) is -5.31. The molecule has 2 aromatic rings. The van der Waals surface area contributed by atoms with Gasteiger partial charge >= 0.3 is 18.3 Å². The Hall–Kier alpha value is -3.24. The number of hydrogen-bond acceptors (Lipinski definition) is 6. The Bertz CT molecular complexity index is 1520. The van der Waals surface area contributed by atoms with Crippen molar-refractivity contribution in [1.29, 1.82) is 0 Å². The molecule has 17 heteroatoms. The Morgan fingerprint density at radius 3 is 2.16 bits per heavy atom. The lowest BCUT2D eigenvalue weighted by Crippen LogP contribution is -2.55.